The Morgan fingerprint density at radius 1 is 1.08 bits per heavy atom. The van der Waals surface area contributed by atoms with Crippen LogP contribution < -0.4 is 4.74 Å². The van der Waals surface area contributed by atoms with Gasteiger partial charge in [-0.2, -0.15) is 4.39 Å². The summed E-state index contributed by atoms with van der Waals surface area (Å²) in [6, 6.07) is 10.1. The number of fused-ring (bicyclic) bond motifs is 1. The SMILES string of the molecule is CCCN(Cc1ccc(-c2cc3nccc(Oc4ccc(CC(=O)CC5CC5)c(F)c4F)c3s2)nc1)C(C)=O. The number of ketones is 1. The van der Waals surface area contributed by atoms with Crippen molar-refractivity contribution in [3.8, 4) is 22.1 Å². The van der Waals surface area contributed by atoms with Crippen molar-refractivity contribution in [2.24, 2.45) is 5.92 Å². The molecule has 202 valence electrons. The van der Waals surface area contributed by atoms with Crippen LogP contribution in [-0.2, 0) is 22.6 Å². The molecule has 39 heavy (non-hydrogen) atoms. The zero-order valence-electron chi connectivity index (χ0n) is 21.9. The molecule has 1 amide bonds. The van der Waals surface area contributed by atoms with E-state index in [1.165, 1.54) is 23.5 Å². The Morgan fingerprint density at radius 3 is 2.59 bits per heavy atom. The van der Waals surface area contributed by atoms with Gasteiger partial charge in [-0.05, 0) is 54.5 Å². The number of aromatic nitrogens is 2. The highest BCUT2D eigenvalue weighted by atomic mass is 32.1. The number of nitrogens with zero attached hydrogens (tertiary/aromatic N) is 3. The molecule has 1 saturated carbocycles. The Morgan fingerprint density at radius 2 is 1.90 bits per heavy atom. The van der Waals surface area contributed by atoms with Gasteiger partial charge in [-0.25, -0.2) is 4.39 Å². The first-order chi connectivity index (χ1) is 18.8. The Kier molecular flexibility index (Phi) is 7.97. The lowest BCUT2D eigenvalue weighted by atomic mass is 10.0. The van der Waals surface area contributed by atoms with E-state index in [0.717, 1.165) is 35.4 Å². The number of rotatable bonds is 11. The second kappa shape index (κ2) is 11.6. The maximum atomic E-state index is 14.9. The number of benzene rings is 1. The number of hydrogen-bond donors (Lipinski definition) is 0. The molecule has 0 atom stereocenters. The van der Waals surface area contributed by atoms with Crippen LogP contribution in [0.5, 0.6) is 11.5 Å². The van der Waals surface area contributed by atoms with Crippen molar-refractivity contribution in [2.45, 2.75) is 52.5 Å². The van der Waals surface area contributed by atoms with Gasteiger partial charge in [-0.1, -0.05) is 19.1 Å². The molecule has 4 aromatic rings. The molecule has 0 N–H and O–H groups in total. The molecule has 0 spiro atoms. The van der Waals surface area contributed by atoms with E-state index in [9.17, 15) is 18.4 Å². The molecule has 1 aliphatic carbocycles. The number of hydrogen-bond acceptors (Lipinski definition) is 6. The number of halogens is 2. The first kappa shape index (κ1) is 26.9. The van der Waals surface area contributed by atoms with Crippen molar-refractivity contribution in [1.82, 2.24) is 14.9 Å². The third-order valence-electron chi connectivity index (χ3n) is 6.71. The summed E-state index contributed by atoms with van der Waals surface area (Å²) in [5.41, 5.74) is 2.35. The highest BCUT2D eigenvalue weighted by Crippen LogP contribution is 2.39. The van der Waals surface area contributed by atoms with Crippen LogP contribution in [0.25, 0.3) is 20.8 Å². The number of carbonyl (C=O) groups excluding carboxylic acids is 2. The maximum Gasteiger partial charge on any atom is 0.219 e. The first-order valence-electron chi connectivity index (χ1n) is 13.1. The monoisotopic (exact) mass is 549 g/mol. The minimum Gasteiger partial charge on any atom is -0.453 e. The second-order valence-corrected chi connectivity index (χ2v) is 11.0. The van der Waals surface area contributed by atoms with E-state index in [0.29, 0.717) is 41.4 Å². The van der Waals surface area contributed by atoms with Crippen LogP contribution in [0.15, 0.2) is 48.8 Å². The van der Waals surface area contributed by atoms with Crippen molar-refractivity contribution in [3.05, 3.63) is 71.6 Å². The van der Waals surface area contributed by atoms with E-state index in [-0.39, 0.29) is 29.4 Å². The topological polar surface area (TPSA) is 72.4 Å². The summed E-state index contributed by atoms with van der Waals surface area (Å²) >= 11 is 1.39. The van der Waals surface area contributed by atoms with Crippen molar-refractivity contribution in [2.75, 3.05) is 6.54 Å². The Hall–Kier alpha value is -3.72. The van der Waals surface area contributed by atoms with E-state index >= 15 is 0 Å². The molecule has 1 aromatic carbocycles. The van der Waals surface area contributed by atoms with E-state index < -0.39 is 11.6 Å². The van der Waals surface area contributed by atoms with Gasteiger partial charge in [-0.15, -0.1) is 11.3 Å². The zero-order chi connectivity index (χ0) is 27.5. The van der Waals surface area contributed by atoms with Gasteiger partial charge in [0.15, 0.2) is 11.6 Å². The van der Waals surface area contributed by atoms with Crippen molar-refractivity contribution >= 4 is 33.2 Å². The van der Waals surface area contributed by atoms with Crippen molar-refractivity contribution in [3.63, 3.8) is 0 Å². The fourth-order valence-electron chi connectivity index (χ4n) is 4.46. The van der Waals surface area contributed by atoms with Gasteiger partial charge in [0.1, 0.15) is 11.5 Å². The molecule has 0 unspecified atom stereocenters. The molecular weight excluding hydrogens is 520 g/mol. The van der Waals surface area contributed by atoms with Crippen LogP contribution in [0.4, 0.5) is 8.78 Å². The van der Waals surface area contributed by atoms with Crippen LogP contribution in [-0.4, -0.2) is 33.1 Å². The first-order valence-corrected chi connectivity index (χ1v) is 13.9. The van der Waals surface area contributed by atoms with Crippen molar-refractivity contribution < 1.29 is 23.1 Å². The summed E-state index contributed by atoms with van der Waals surface area (Å²) < 4.78 is 36.2. The molecule has 3 heterocycles. The summed E-state index contributed by atoms with van der Waals surface area (Å²) in [6.07, 6.45) is 6.54. The summed E-state index contributed by atoms with van der Waals surface area (Å²) in [5, 5.41) is 0. The standard InChI is InChI=1S/C30H29F2N3O3S/c1-3-12-35(18(2)36)17-20-6-8-23(34-16-20)27-15-24-30(39-27)26(10-11-33-24)38-25-9-7-21(28(31)29(25)32)14-22(37)13-19-4-5-19/h6-11,15-16,19H,3-5,12-14,17H2,1-2H3. The highest BCUT2D eigenvalue weighted by molar-refractivity contribution is 7.22. The molecule has 6 nitrogen and oxygen atoms in total. The van der Waals surface area contributed by atoms with Gasteiger partial charge in [0.2, 0.25) is 11.7 Å². The number of thiophene rings is 1. The smallest absolute Gasteiger partial charge is 0.219 e. The van der Waals surface area contributed by atoms with Crippen molar-refractivity contribution in [1.29, 1.82) is 0 Å². The van der Waals surface area contributed by atoms with E-state index in [1.54, 1.807) is 30.3 Å². The predicted molar refractivity (Wildman–Crippen MR) is 147 cm³/mol. The van der Waals surface area contributed by atoms with Gasteiger partial charge in [-0.3, -0.25) is 19.6 Å². The van der Waals surface area contributed by atoms with Gasteiger partial charge in [0.05, 0.1) is 20.8 Å². The largest absolute Gasteiger partial charge is 0.453 e. The number of Topliss-reactive ketones (excluding diaryl/α,β-unsaturated/α-hetero) is 1. The Balaban J connectivity index is 1.34. The van der Waals surface area contributed by atoms with Crippen LogP contribution in [0, 0.1) is 17.6 Å². The highest BCUT2D eigenvalue weighted by Gasteiger charge is 2.25. The summed E-state index contributed by atoms with van der Waals surface area (Å²) in [5.74, 6) is -1.73. The molecule has 0 aliphatic heterocycles. The summed E-state index contributed by atoms with van der Waals surface area (Å²) in [6.45, 7) is 4.78. The van der Waals surface area contributed by atoms with E-state index in [4.69, 9.17) is 4.74 Å². The Labute approximate surface area is 229 Å². The van der Waals surface area contributed by atoms with Crippen LogP contribution >= 0.6 is 11.3 Å². The fraction of sp³-hybridized carbons (Fsp3) is 0.333. The lowest BCUT2D eigenvalue weighted by molar-refractivity contribution is -0.129. The lowest BCUT2D eigenvalue weighted by Crippen LogP contribution is -2.28. The molecular formula is C30H29F2N3O3S. The number of ether oxygens (including phenoxy) is 1. The van der Waals surface area contributed by atoms with Gasteiger partial charge < -0.3 is 9.64 Å². The minimum absolute atomic E-state index is 0.0251. The third-order valence-corrected chi connectivity index (χ3v) is 7.87. The predicted octanol–water partition coefficient (Wildman–Crippen LogP) is 7.10. The molecule has 3 aromatic heterocycles. The number of amides is 1. The molecule has 1 fully saturated rings. The number of pyridine rings is 2. The molecule has 9 heteroatoms. The third kappa shape index (κ3) is 6.30. The molecule has 0 radical (unpaired) electrons. The van der Waals surface area contributed by atoms with Crippen LogP contribution in [0.3, 0.4) is 0 Å². The summed E-state index contributed by atoms with van der Waals surface area (Å²) in [4.78, 5) is 35.6. The lowest BCUT2D eigenvalue weighted by Gasteiger charge is -2.20. The van der Waals surface area contributed by atoms with Crippen LogP contribution in [0.1, 0.15) is 50.7 Å². The molecule has 0 bridgehead atoms. The second-order valence-electron chi connectivity index (χ2n) is 9.94. The minimum atomic E-state index is -1.12. The normalized spacial score (nSPS) is 13.0. The average molecular weight is 550 g/mol. The molecule has 1 aliphatic rings. The average Bonchev–Trinajstić information content (AvgIpc) is 3.62. The van der Waals surface area contributed by atoms with Gasteiger partial charge >= 0.3 is 0 Å². The van der Waals surface area contributed by atoms with E-state index in [2.05, 4.69) is 9.97 Å². The molecule has 0 saturated heterocycles. The zero-order valence-corrected chi connectivity index (χ0v) is 22.7. The quantitative estimate of drug-likeness (QED) is 0.200. The molecule has 5 rings (SSSR count). The maximum absolute atomic E-state index is 14.9. The van der Waals surface area contributed by atoms with Crippen LogP contribution in [0.2, 0.25) is 0 Å². The summed E-state index contributed by atoms with van der Waals surface area (Å²) in [7, 11) is 0. The van der Waals surface area contributed by atoms with Gasteiger partial charge in [0.25, 0.3) is 0 Å². The number of carbonyl (C=O) groups is 2. The fourth-order valence-corrected chi connectivity index (χ4v) is 5.50. The van der Waals surface area contributed by atoms with Gasteiger partial charge in [0, 0.05) is 51.3 Å². The Bertz CT molecular complexity index is 1520. The van der Waals surface area contributed by atoms with E-state index in [1.807, 2.05) is 25.1 Å².